The van der Waals surface area contributed by atoms with Crippen LogP contribution in [0.1, 0.15) is 5.56 Å². The Morgan fingerprint density at radius 1 is 1.26 bits per heavy atom. The summed E-state index contributed by atoms with van der Waals surface area (Å²) in [6.45, 7) is 0.282. The van der Waals surface area contributed by atoms with Gasteiger partial charge in [-0.25, -0.2) is 9.67 Å². The summed E-state index contributed by atoms with van der Waals surface area (Å²) in [4.78, 5) is 18.6. The van der Waals surface area contributed by atoms with E-state index < -0.39 is 4.92 Å². The fraction of sp³-hybridized carbons (Fsp3) is 0.0714. The van der Waals surface area contributed by atoms with Crippen LogP contribution in [-0.4, -0.2) is 24.7 Å². The van der Waals surface area contributed by atoms with Gasteiger partial charge in [-0.2, -0.15) is 4.98 Å². The molecule has 0 bridgehead atoms. The zero-order valence-corrected chi connectivity index (χ0v) is 12.0. The van der Waals surface area contributed by atoms with Crippen molar-refractivity contribution in [3.05, 3.63) is 64.3 Å². The Morgan fingerprint density at radius 3 is 2.87 bits per heavy atom. The van der Waals surface area contributed by atoms with Crippen molar-refractivity contribution in [2.24, 2.45) is 0 Å². The van der Waals surface area contributed by atoms with Gasteiger partial charge >= 0.3 is 0 Å². The molecule has 116 valence electrons. The molecule has 9 nitrogen and oxygen atoms in total. The van der Waals surface area contributed by atoms with Crippen LogP contribution in [0.15, 0.2) is 48.7 Å². The van der Waals surface area contributed by atoms with E-state index in [4.69, 9.17) is 5.73 Å². The molecule has 0 aliphatic rings. The highest BCUT2D eigenvalue weighted by Gasteiger charge is 2.10. The van der Waals surface area contributed by atoms with E-state index in [1.54, 1.807) is 30.5 Å². The third-order valence-corrected chi connectivity index (χ3v) is 3.06. The van der Waals surface area contributed by atoms with E-state index in [9.17, 15) is 10.1 Å². The van der Waals surface area contributed by atoms with Crippen LogP contribution in [0.4, 0.5) is 23.4 Å². The van der Waals surface area contributed by atoms with E-state index in [0.29, 0.717) is 17.3 Å². The van der Waals surface area contributed by atoms with E-state index in [-0.39, 0.29) is 18.2 Å². The van der Waals surface area contributed by atoms with E-state index in [1.807, 2.05) is 6.07 Å². The molecule has 0 aliphatic carbocycles. The maximum Gasteiger partial charge on any atom is 0.269 e. The van der Waals surface area contributed by atoms with Gasteiger partial charge in [-0.05, 0) is 17.7 Å². The minimum atomic E-state index is -0.442. The highest BCUT2D eigenvalue weighted by Crippen LogP contribution is 2.16. The Bertz CT molecular complexity index is 832. The lowest BCUT2D eigenvalue weighted by Gasteiger charge is -2.03. The normalized spacial score (nSPS) is 10.4. The number of benzene rings is 1. The van der Waals surface area contributed by atoms with Crippen LogP contribution in [0.3, 0.4) is 0 Å². The van der Waals surface area contributed by atoms with Crippen molar-refractivity contribution in [1.29, 1.82) is 0 Å². The maximum absolute atomic E-state index is 10.8. The molecule has 0 amide bonds. The quantitative estimate of drug-likeness (QED) is 0.545. The van der Waals surface area contributed by atoms with Crippen LogP contribution >= 0.6 is 0 Å². The summed E-state index contributed by atoms with van der Waals surface area (Å²) in [5, 5.41) is 18.0. The van der Waals surface area contributed by atoms with Gasteiger partial charge in [0.05, 0.1) is 11.5 Å². The molecule has 0 saturated carbocycles. The van der Waals surface area contributed by atoms with Crippen molar-refractivity contribution in [2.75, 3.05) is 11.1 Å². The lowest BCUT2D eigenvalue weighted by atomic mass is 10.2. The Balaban J connectivity index is 1.79. The first-order chi connectivity index (χ1) is 11.1. The fourth-order valence-corrected chi connectivity index (χ4v) is 2.02. The number of non-ortho nitro benzene ring substituents is 1. The number of nitrogen functional groups attached to an aromatic ring is 1. The average Bonchev–Trinajstić information content (AvgIpc) is 2.88. The third-order valence-electron chi connectivity index (χ3n) is 3.06. The lowest BCUT2D eigenvalue weighted by molar-refractivity contribution is -0.384. The summed E-state index contributed by atoms with van der Waals surface area (Å²) >= 11 is 0. The summed E-state index contributed by atoms with van der Waals surface area (Å²) in [5.41, 5.74) is 6.57. The van der Waals surface area contributed by atoms with Gasteiger partial charge in [0.1, 0.15) is 5.82 Å². The molecule has 2 heterocycles. The van der Waals surface area contributed by atoms with Gasteiger partial charge in [-0.3, -0.25) is 10.1 Å². The van der Waals surface area contributed by atoms with Crippen LogP contribution in [0, 0.1) is 10.1 Å². The van der Waals surface area contributed by atoms with Crippen molar-refractivity contribution >= 4 is 23.4 Å². The van der Waals surface area contributed by atoms with Gasteiger partial charge in [-0.1, -0.05) is 18.2 Å². The highest BCUT2D eigenvalue weighted by molar-refractivity contribution is 5.48. The van der Waals surface area contributed by atoms with Crippen LogP contribution < -0.4 is 11.1 Å². The number of hydrogen-bond acceptors (Lipinski definition) is 7. The number of pyridine rings is 1. The van der Waals surface area contributed by atoms with Gasteiger partial charge in [-0.15, -0.1) is 5.10 Å². The number of nitrogens with zero attached hydrogens (tertiary/aromatic N) is 5. The Labute approximate surface area is 130 Å². The molecule has 1 aromatic carbocycles. The number of nitro benzene ring substituents is 1. The molecule has 0 spiro atoms. The number of anilines is 3. The van der Waals surface area contributed by atoms with Gasteiger partial charge in [0.2, 0.25) is 11.9 Å². The molecular weight excluding hydrogens is 298 g/mol. The van der Waals surface area contributed by atoms with Crippen molar-refractivity contribution in [1.82, 2.24) is 19.7 Å². The number of aromatic nitrogens is 4. The highest BCUT2D eigenvalue weighted by atomic mass is 16.6. The zero-order valence-electron chi connectivity index (χ0n) is 12.0. The summed E-state index contributed by atoms with van der Waals surface area (Å²) < 4.78 is 1.46. The molecule has 9 heteroatoms. The summed E-state index contributed by atoms with van der Waals surface area (Å²) in [7, 11) is 0. The topological polar surface area (TPSA) is 125 Å². The molecule has 0 radical (unpaired) electrons. The predicted octanol–water partition coefficient (Wildman–Crippen LogP) is 1.96. The molecule has 0 saturated heterocycles. The van der Waals surface area contributed by atoms with Crippen LogP contribution in [0.5, 0.6) is 0 Å². The monoisotopic (exact) mass is 311 g/mol. The molecule has 3 aromatic rings. The number of rotatable bonds is 5. The maximum atomic E-state index is 10.8. The number of hydrogen-bond donors (Lipinski definition) is 2. The Morgan fingerprint density at radius 2 is 2.13 bits per heavy atom. The smallest absolute Gasteiger partial charge is 0.269 e. The molecular formula is C14H13N7O2. The first kappa shape index (κ1) is 14.4. The minimum absolute atomic E-state index is 0.0213. The largest absolute Gasteiger partial charge is 0.368 e. The first-order valence-electron chi connectivity index (χ1n) is 6.73. The van der Waals surface area contributed by atoms with Gasteiger partial charge in [0.25, 0.3) is 5.69 Å². The molecule has 3 rings (SSSR count). The molecule has 3 N–H and O–H groups in total. The van der Waals surface area contributed by atoms with Gasteiger partial charge in [0.15, 0.2) is 0 Å². The van der Waals surface area contributed by atoms with Crippen molar-refractivity contribution in [3.63, 3.8) is 0 Å². The molecule has 0 atom stereocenters. The summed E-state index contributed by atoms with van der Waals surface area (Å²) in [5.74, 6) is 1.11. The Hall–Kier alpha value is -3.49. The number of nitrogens with two attached hydrogens (primary N) is 1. The Kier molecular flexibility index (Phi) is 3.83. The van der Waals surface area contributed by atoms with Crippen LogP contribution in [0.2, 0.25) is 0 Å². The van der Waals surface area contributed by atoms with E-state index in [0.717, 1.165) is 0 Å². The fourth-order valence-electron chi connectivity index (χ4n) is 2.02. The minimum Gasteiger partial charge on any atom is -0.368 e. The average molecular weight is 311 g/mol. The summed E-state index contributed by atoms with van der Waals surface area (Å²) in [6, 6.07) is 11.7. The first-order valence-corrected chi connectivity index (χ1v) is 6.73. The van der Waals surface area contributed by atoms with Crippen molar-refractivity contribution < 1.29 is 4.92 Å². The number of nitro groups is 1. The standard InChI is InChI=1S/C14H13N7O2/c15-13-18-14(17-12-6-1-2-7-16-12)19-20(13)9-10-4-3-5-11(8-10)21(22)23/h1-8H,9H2,(H3,15,16,17,18,19). The second-order valence-corrected chi connectivity index (χ2v) is 4.72. The van der Waals surface area contributed by atoms with E-state index in [1.165, 1.54) is 16.8 Å². The molecule has 2 aromatic heterocycles. The SMILES string of the molecule is Nc1nc(Nc2ccccn2)nn1Cc1cccc([N+](=O)[O-])c1. The van der Waals surface area contributed by atoms with Gasteiger partial charge in [0, 0.05) is 18.3 Å². The van der Waals surface area contributed by atoms with Crippen LogP contribution in [-0.2, 0) is 6.54 Å². The molecule has 0 unspecified atom stereocenters. The zero-order chi connectivity index (χ0) is 16.2. The number of nitrogens with one attached hydrogen (secondary N) is 1. The summed E-state index contributed by atoms with van der Waals surface area (Å²) in [6.07, 6.45) is 1.64. The molecule has 0 aliphatic heterocycles. The van der Waals surface area contributed by atoms with E-state index >= 15 is 0 Å². The van der Waals surface area contributed by atoms with E-state index in [2.05, 4.69) is 20.4 Å². The van der Waals surface area contributed by atoms with Gasteiger partial charge < -0.3 is 11.1 Å². The predicted molar refractivity (Wildman–Crippen MR) is 84.2 cm³/mol. The second kappa shape index (κ2) is 6.10. The third kappa shape index (κ3) is 3.40. The van der Waals surface area contributed by atoms with Crippen molar-refractivity contribution in [3.8, 4) is 0 Å². The lowest BCUT2D eigenvalue weighted by Crippen LogP contribution is -2.06. The molecule has 23 heavy (non-hydrogen) atoms. The molecule has 0 fully saturated rings. The van der Waals surface area contributed by atoms with Crippen molar-refractivity contribution in [2.45, 2.75) is 6.54 Å². The van der Waals surface area contributed by atoms with Crippen LogP contribution in [0.25, 0.3) is 0 Å². The second-order valence-electron chi connectivity index (χ2n) is 4.72.